The number of aliphatic hydroxyl groups is 2. The fraction of sp³-hybridized carbons (Fsp3) is 0.316. The predicted molar refractivity (Wildman–Crippen MR) is 177 cm³/mol. The zero-order valence-corrected chi connectivity index (χ0v) is 26.7. The number of benzene rings is 3. The number of hydrogen-bond donors (Lipinski definition) is 2. The van der Waals surface area contributed by atoms with Crippen molar-refractivity contribution >= 4 is 11.9 Å². The first-order valence-electron chi connectivity index (χ1n) is 15.7. The zero-order chi connectivity index (χ0) is 34.5. The third kappa shape index (κ3) is 10.6. The van der Waals surface area contributed by atoms with Gasteiger partial charge >= 0.3 is 11.9 Å². The number of esters is 2. The molecule has 1 aliphatic carbocycles. The summed E-state index contributed by atoms with van der Waals surface area (Å²) in [5.41, 5.74) is 4.72. The largest absolute Gasteiger partial charge is 0.457 e. The molecular formula is C38H40F2O8. The first-order valence-corrected chi connectivity index (χ1v) is 15.7. The molecular weight excluding hydrogens is 622 g/mol. The summed E-state index contributed by atoms with van der Waals surface area (Å²) in [4.78, 5) is 23.7. The lowest BCUT2D eigenvalue weighted by molar-refractivity contribution is -0.146. The minimum absolute atomic E-state index is 0.111. The topological polar surface area (TPSA) is 112 Å². The van der Waals surface area contributed by atoms with Crippen molar-refractivity contribution in [1.29, 1.82) is 0 Å². The Hall–Kier alpha value is -4.80. The van der Waals surface area contributed by atoms with Crippen LogP contribution in [-0.4, -0.2) is 49.0 Å². The van der Waals surface area contributed by atoms with E-state index in [1.54, 1.807) is 12.1 Å². The van der Waals surface area contributed by atoms with Crippen LogP contribution >= 0.6 is 0 Å². The molecule has 0 bridgehead atoms. The predicted octanol–water partition coefficient (Wildman–Crippen LogP) is 7.71. The minimum Gasteiger partial charge on any atom is -0.457 e. The van der Waals surface area contributed by atoms with Crippen LogP contribution in [0.3, 0.4) is 0 Å². The Labute approximate surface area is 278 Å². The fourth-order valence-electron chi connectivity index (χ4n) is 5.56. The van der Waals surface area contributed by atoms with Crippen molar-refractivity contribution in [2.45, 2.75) is 44.4 Å². The van der Waals surface area contributed by atoms with Crippen LogP contribution in [0.2, 0.25) is 0 Å². The molecule has 3 aromatic carbocycles. The van der Waals surface area contributed by atoms with Gasteiger partial charge in [-0.25, -0.2) is 9.59 Å². The molecule has 0 atom stereocenters. The van der Waals surface area contributed by atoms with Crippen LogP contribution in [0.15, 0.2) is 103 Å². The molecule has 10 heteroatoms. The van der Waals surface area contributed by atoms with Crippen LogP contribution in [0.4, 0.5) is 8.78 Å². The van der Waals surface area contributed by atoms with Crippen LogP contribution in [0.1, 0.15) is 50.0 Å². The molecule has 2 N–H and O–H groups in total. The lowest BCUT2D eigenvalue weighted by Crippen LogP contribution is -2.14. The van der Waals surface area contributed by atoms with E-state index < -0.39 is 44.8 Å². The van der Waals surface area contributed by atoms with Gasteiger partial charge in [-0.1, -0.05) is 61.7 Å². The smallest absolute Gasteiger partial charge is 0.338 e. The number of aliphatic hydroxyl groups excluding tert-OH is 2. The molecule has 1 fully saturated rings. The van der Waals surface area contributed by atoms with Crippen LogP contribution in [0.25, 0.3) is 22.3 Å². The fourth-order valence-corrected chi connectivity index (χ4v) is 5.56. The summed E-state index contributed by atoms with van der Waals surface area (Å²) in [6.45, 7) is 4.87. The highest BCUT2D eigenvalue weighted by Gasteiger charge is 2.22. The molecule has 1 saturated carbocycles. The Morgan fingerprint density at radius 2 is 1.17 bits per heavy atom. The lowest BCUT2D eigenvalue weighted by atomic mass is 9.77. The van der Waals surface area contributed by atoms with E-state index in [0.29, 0.717) is 35.3 Å². The van der Waals surface area contributed by atoms with E-state index in [4.69, 9.17) is 29.2 Å². The molecule has 0 unspecified atom stereocenters. The molecule has 0 aromatic heterocycles. The number of hydrogen-bond acceptors (Lipinski definition) is 8. The second-order valence-corrected chi connectivity index (χ2v) is 11.6. The number of rotatable bonds is 16. The Kier molecular flexibility index (Phi) is 13.5. The van der Waals surface area contributed by atoms with Gasteiger partial charge in [0.25, 0.3) is 6.08 Å². The van der Waals surface area contributed by atoms with Crippen LogP contribution in [0.5, 0.6) is 11.5 Å². The van der Waals surface area contributed by atoms with Crippen LogP contribution in [0, 0.1) is 5.92 Å². The van der Waals surface area contributed by atoms with Gasteiger partial charge in [-0.15, -0.1) is 0 Å². The minimum atomic E-state index is -1.59. The average Bonchev–Trinajstić information content (AvgIpc) is 3.11. The number of carbonyl (C=O) groups is 2. The molecule has 48 heavy (non-hydrogen) atoms. The summed E-state index contributed by atoms with van der Waals surface area (Å²) in [5, 5.41) is 18.1. The summed E-state index contributed by atoms with van der Waals surface area (Å²) >= 11 is 0. The van der Waals surface area contributed by atoms with Gasteiger partial charge in [-0.05, 0) is 96.4 Å². The SMILES string of the molecule is C=C(CO)C(=O)OCOc1cc(OCOC(=O)C(=C)CO)cc(-c2ccc(-c3ccc(C4CCC(CCC=C(F)F)CC4)cc3)cc2)c1. The highest BCUT2D eigenvalue weighted by atomic mass is 19.3. The summed E-state index contributed by atoms with van der Waals surface area (Å²) in [7, 11) is 0. The van der Waals surface area contributed by atoms with Crippen molar-refractivity contribution in [2.24, 2.45) is 5.92 Å². The number of ether oxygens (including phenoxy) is 4. The second kappa shape index (κ2) is 17.9. The van der Waals surface area contributed by atoms with E-state index in [0.717, 1.165) is 54.9 Å². The summed E-state index contributed by atoms with van der Waals surface area (Å²) < 4.78 is 45.9. The maximum absolute atomic E-state index is 12.3. The molecule has 1 aliphatic rings. The molecule has 254 valence electrons. The lowest BCUT2D eigenvalue weighted by Gasteiger charge is -2.28. The molecule has 0 saturated heterocycles. The first kappa shape index (κ1) is 36.0. The van der Waals surface area contributed by atoms with Crippen molar-refractivity contribution in [3.63, 3.8) is 0 Å². The standard InChI is InChI=1S/C38H40F2O8/c1-25(21-41)37(43)47-23-45-34-18-33(19-35(20-34)46-24-48-38(44)26(2)22-42)32-16-14-31(15-17-32)30-12-10-29(11-13-30)28-8-6-27(7-9-28)4-3-5-36(39)40/h5,10-20,27-28,41-42H,1-4,6-9,21-24H2. The number of carbonyl (C=O) groups excluding carboxylic acids is 2. The van der Waals surface area contributed by atoms with Crippen LogP contribution in [-0.2, 0) is 19.1 Å². The summed E-state index contributed by atoms with van der Waals surface area (Å²) in [6.07, 6.45) is 4.94. The van der Waals surface area contributed by atoms with E-state index in [9.17, 15) is 18.4 Å². The van der Waals surface area contributed by atoms with Crippen molar-refractivity contribution in [3.8, 4) is 33.8 Å². The molecule has 3 aromatic rings. The number of allylic oxidation sites excluding steroid dienone is 1. The van der Waals surface area contributed by atoms with E-state index in [1.807, 2.05) is 24.3 Å². The molecule has 0 radical (unpaired) electrons. The number of halogens is 2. The maximum atomic E-state index is 12.3. The Bertz CT molecular complexity index is 1530. The third-order valence-corrected chi connectivity index (χ3v) is 8.32. The average molecular weight is 663 g/mol. The highest BCUT2D eigenvalue weighted by molar-refractivity contribution is 5.88. The van der Waals surface area contributed by atoms with E-state index in [-0.39, 0.29) is 11.1 Å². The molecule has 0 heterocycles. The highest BCUT2D eigenvalue weighted by Crippen LogP contribution is 2.38. The van der Waals surface area contributed by atoms with Crippen molar-refractivity contribution < 1.29 is 47.5 Å². The van der Waals surface area contributed by atoms with Gasteiger partial charge in [0.05, 0.1) is 24.4 Å². The van der Waals surface area contributed by atoms with Crippen LogP contribution < -0.4 is 9.47 Å². The second-order valence-electron chi connectivity index (χ2n) is 11.6. The molecule has 0 amide bonds. The van der Waals surface area contributed by atoms with Gasteiger partial charge < -0.3 is 29.2 Å². The van der Waals surface area contributed by atoms with Gasteiger partial charge in [0.2, 0.25) is 13.6 Å². The monoisotopic (exact) mass is 662 g/mol. The third-order valence-electron chi connectivity index (χ3n) is 8.32. The first-order chi connectivity index (χ1) is 23.2. The Morgan fingerprint density at radius 3 is 1.62 bits per heavy atom. The van der Waals surface area contributed by atoms with Crippen molar-refractivity contribution in [3.05, 3.63) is 109 Å². The zero-order valence-electron chi connectivity index (χ0n) is 26.7. The summed E-state index contributed by atoms with van der Waals surface area (Å²) in [6, 6.07) is 21.5. The molecule has 0 aliphatic heterocycles. The molecule has 0 spiro atoms. The molecule has 4 rings (SSSR count). The molecule has 8 nitrogen and oxygen atoms in total. The quantitative estimate of drug-likeness (QED) is 0.0912. The van der Waals surface area contributed by atoms with Gasteiger partial charge in [-0.3, -0.25) is 0 Å². The van der Waals surface area contributed by atoms with Gasteiger partial charge in [-0.2, -0.15) is 8.78 Å². The maximum Gasteiger partial charge on any atom is 0.338 e. The van der Waals surface area contributed by atoms with E-state index in [2.05, 4.69) is 37.4 Å². The summed E-state index contributed by atoms with van der Waals surface area (Å²) in [5.74, 6) is -0.00323. The Morgan fingerprint density at radius 1 is 0.708 bits per heavy atom. The Balaban J connectivity index is 1.42. The van der Waals surface area contributed by atoms with Gasteiger partial charge in [0.15, 0.2) is 0 Å². The van der Waals surface area contributed by atoms with Gasteiger partial charge in [0, 0.05) is 6.07 Å². The van der Waals surface area contributed by atoms with E-state index >= 15 is 0 Å². The van der Waals surface area contributed by atoms with Crippen molar-refractivity contribution in [1.82, 2.24) is 0 Å². The van der Waals surface area contributed by atoms with E-state index in [1.165, 1.54) is 11.6 Å². The normalized spacial score (nSPS) is 15.6. The van der Waals surface area contributed by atoms with Gasteiger partial charge in [0.1, 0.15) is 11.5 Å². The van der Waals surface area contributed by atoms with Crippen molar-refractivity contribution in [2.75, 3.05) is 26.8 Å².